The monoisotopic (exact) mass is 273 g/mol. The van der Waals surface area contributed by atoms with Crippen LogP contribution in [-0.2, 0) is 16.0 Å². The lowest BCUT2D eigenvalue weighted by molar-refractivity contribution is -0.156. The number of hydrogen-bond donors (Lipinski definition) is 1. The van der Waals surface area contributed by atoms with E-state index in [1.807, 2.05) is 45.0 Å². The molecular formula is C15H19N3O2. The van der Waals surface area contributed by atoms with Gasteiger partial charge in [0.25, 0.3) is 0 Å². The van der Waals surface area contributed by atoms with Crippen LogP contribution in [0.25, 0.3) is 10.9 Å². The van der Waals surface area contributed by atoms with Gasteiger partial charge in [-0.25, -0.2) is 9.97 Å². The van der Waals surface area contributed by atoms with Crippen LogP contribution in [-0.4, -0.2) is 27.6 Å². The molecule has 0 spiro atoms. The molecule has 0 amide bonds. The van der Waals surface area contributed by atoms with Crippen molar-refractivity contribution in [3.8, 4) is 0 Å². The summed E-state index contributed by atoms with van der Waals surface area (Å²) in [5.74, 6) is -0.416. The van der Waals surface area contributed by atoms with Gasteiger partial charge < -0.3 is 10.5 Å². The normalized spacial score (nSPS) is 13.2. The third kappa shape index (κ3) is 3.51. The maximum absolute atomic E-state index is 11.9. The van der Waals surface area contributed by atoms with Gasteiger partial charge in [-0.1, -0.05) is 18.2 Å². The van der Waals surface area contributed by atoms with Gasteiger partial charge in [-0.2, -0.15) is 0 Å². The van der Waals surface area contributed by atoms with Crippen molar-refractivity contribution in [1.82, 2.24) is 9.97 Å². The molecule has 1 heterocycles. The van der Waals surface area contributed by atoms with Crippen LogP contribution in [0.4, 0.5) is 0 Å². The number of carbonyl (C=O) groups excluding carboxylic acids is 1. The first-order valence-electron chi connectivity index (χ1n) is 6.54. The third-order valence-corrected chi connectivity index (χ3v) is 2.75. The van der Waals surface area contributed by atoms with E-state index in [2.05, 4.69) is 9.97 Å². The van der Waals surface area contributed by atoms with E-state index < -0.39 is 17.6 Å². The van der Waals surface area contributed by atoms with E-state index in [1.54, 1.807) is 0 Å². The molecule has 0 aliphatic carbocycles. The Labute approximate surface area is 118 Å². The summed E-state index contributed by atoms with van der Waals surface area (Å²) in [6.45, 7) is 5.45. The molecule has 0 bridgehead atoms. The predicted octanol–water partition coefficient (Wildman–Crippen LogP) is 1.84. The van der Waals surface area contributed by atoms with Gasteiger partial charge >= 0.3 is 5.97 Å². The summed E-state index contributed by atoms with van der Waals surface area (Å²) in [6.07, 6.45) is 1.82. The highest BCUT2D eigenvalue weighted by molar-refractivity contribution is 5.82. The molecule has 1 aromatic carbocycles. The number of nitrogens with two attached hydrogens (primary N) is 1. The number of benzene rings is 1. The second kappa shape index (κ2) is 5.54. The van der Waals surface area contributed by atoms with E-state index in [1.165, 1.54) is 6.33 Å². The first-order chi connectivity index (χ1) is 9.37. The molecule has 0 fully saturated rings. The van der Waals surface area contributed by atoms with Crippen molar-refractivity contribution in [3.63, 3.8) is 0 Å². The second-order valence-electron chi connectivity index (χ2n) is 5.68. The smallest absolute Gasteiger partial charge is 0.323 e. The fraction of sp³-hybridized carbons (Fsp3) is 0.400. The largest absolute Gasteiger partial charge is 0.459 e. The fourth-order valence-electron chi connectivity index (χ4n) is 1.89. The molecule has 2 rings (SSSR count). The molecule has 0 unspecified atom stereocenters. The van der Waals surface area contributed by atoms with Gasteiger partial charge in [0, 0.05) is 11.8 Å². The first kappa shape index (κ1) is 14.4. The van der Waals surface area contributed by atoms with E-state index in [0.717, 1.165) is 16.6 Å². The van der Waals surface area contributed by atoms with Gasteiger partial charge in [0.15, 0.2) is 0 Å². The molecule has 5 nitrogen and oxygen atoms in total. The lowest BCUT2D eigenvalue weighted by atomic mass is 10.1. The number of hydrogen-bond acceptors (Lipinski definition) is 5. The minimum Gasteiger partial charge on any atom is -0.459 e. The molecule has 2 aromatic rings. The van der Waals surface area contributed by atoms with Crippen LogP contribution in [0.2, 0.25) is 0 Å². The van der Waals surface area contributed by atoms with Gasteiger partial charge in [0.2, 0.25) is 0 Å². The number of ether oxygens (including phenoxy) is 1. The molecule has 0 radical (unpaired) electrons. The molecule has 0 saturated heterocycles. The first-order valence-corrected chi connectivity index (χ1v) is 6.54. The Kier molecular flexibility index (Phi) is 3.99. The number of para-hydroxylation sites is 1. The second-order valence-corrected chi connectivity index (χ2v) is 5.68. The van der Waals surface area contributed by atoms with Gasteiger partial charge in [-0.15, -0.1) is 0 Å². The summed E-state index contributed by atoms with van der Waals surface area (Å²) in [4.78, 5) is 20.3. The topological polar surface area (TPSA) is 78.1 Å². The highest BCUT2D eigenvalue weighted by Crippen LogP contribution is 2.16. The van der Waals surface area contributed by atoms with Crippen LogP contribution in [0, 0.1) is 0 Å². The van der Waals surface area contributed by atoms with Crippen LogP contribution >= 0.6 is 0 Å². The minimum absolute atomic E-state index is 0.331. The molecule has 2 N–H and O–H groups in total. The molecule has 0 aliphatic heterocycles. The van der Waals surface area contributed by atoms with Crippen molar-refractivity contribution in [3.05, 3.63) is 36.3 Å². The number of aromatic nitrogens is 2. The summed E-state index contributed by atoms with van der Waals surface area (Å²) >= 11 is 0. The van der Waals surface area contributed by atoms with Crippen molar-refractivity contribution in [1.29, 1.82) is 0 Å². The van der Waals surface area contributed by atoms with Crippen molar-refractivity contribution < 1.29 is 9.53 Å². The van der Waals surface area contributed by atoms with Gasteiger partial charge in [0.05, 0.1) is 11.2 Å². The Morgan fingerprint density at radius 2 is 2.00 bits per heavy atom. The predicted molar refractivity (Wildman–Crippen MR) is 77.1 cm³/mol. The quantitative estimate of drug-likeness (QED) is 0.863. The lowest BCUT2D eigenvalue weighted by Crippen LogP contribution is -2.39. The molecule has 1 aromatic heterocycles. The van der Waals surface area contributed by atoms with Crippen molar-refractivity contribution in [2.24, 2.45) is 5.73 Å². The molecule has 0 saturated carbocycles. The summed E-state index contributed by atoms with van der Waals surface area (Å²) < 4.78 is 5.28. The third-order valence-electron chi connectivity index (χ3n) is 2.75. The average Bonchev–Trinajstić information content (AvgIpc) is 2.37. The highest BCUT2D eigenvalue weighted by atomic mass is 16.6. The number of nitrogens with zero attached hydrogens (tertiary/aromatic N) is 2. The molecule has 5 heteroatoms. The Balaban J connectivity index is 2.18. The van der Waals surface area contributed by atoms with Gasteiger partial charge in [-0.05, 0) is 26.8 Å². The van der Waals surface area contributed by atoms with Gasteiger partial charge in [-0.3, -0.25) is 4.79 Å². The molecule has 20 heavy (non-hydrogen) atoms. The van der Waals surface area contributed by atoms with Crippen LogP contribution < -0.4 is 5.73 Å². The van der Waals surface area contributed by atoms with Crippen LogP contribution in [0.3, 0.4) is 0 Å². The maximum Gasteiger partial charge on any atom is 0.323 e. The average molecular weight is 273 g/mol. The Hall–Kier alpha value is -2.01. The van der Waals surface area contributed by atoms with Crippen molar-refractivity contribution in [2.45, 2.75) is 38.8 Å². The SMILES string of the molecule is CC(C)(C)OC(=O)[C@H](N)Cc1ncnc2ccccc12. The van der Waals surface area contributed by atoms with Crippen LogP contribution in [0.5, 0.6) is 0 Å². The summed E-state index contributed by atoms with van der Waals surface area (Å²) in [5.41, 5.74) is 6.97. The zero-order chi connectivity index (χ0) is 14.8. The lowest BCUT2D eigenvalue weighted by Gasteiger charge is -2.22. The van der Waals surface area contributed by atoms with E-state index >= 15 is 0 Å². The number of carbonyl (C=O) groups is 1. The standard InChI is InChI=1S/C15H19N3O2/c1-15(2,3)20-14(19)11(16)8-13-10-6-4-5-7-12(10)17-9-18-13/h4-7,9,11H,8,16H2,1-3H3/t11-/m1/s1. The summed E-state index contributed by atoms with van der Waals surface area (Å²) in [5, 5.41) is 0.911. The summed E-state index contributed by atoms with van der Waals surface area (Å²) in [7, 11) is 0. The fourth-order valence-corrected chi connectivity index (χ4v) is 1.89. The zero-order valence-electron chi connectivity index (χ0n) is 12.0. The highest BCUT2D eigenvalue weighted by Gasteiger charge is 2.23. The van der Waals surface area contributed by atoms with E-state index in [-0.39, 0.29) is 0 Å². The van der Waals surface area contributed by atoms with Crippen LogP contribution in [0.1, 0.15) is 26.5 Å². The van der Waals surface area contributed by atoms with Crippen LogP contribution in [0.15, 0.2) is 30.6 Å². The molecule has 1 atom stereocenters. The number of fused-ring (bicyclic) bond motifs is 1. The Bertz CT molecular complexity index is 615. The number of esters is 1. The summed E-state index contributed by atoms with van der Waals surface area (Å²) in [6, 6.07) is 6.92. The molecular weight excluding hydrogens is 254 g/mol. The number of rotatable bonds is 3. The van der Waals surface area contributed by atoms with Gasteiger partial charge in [0.1, 0.15) is 18.0 Å². The molecule has 0 aliphatic rings. The minimum atomic E-state index is -0.729. The molecule has 106 valence electrons. The zero-order valence-corrected chi connectivity index (χ0v) is 12.0. The van der Waals surface area contributed by atoms with Crippen molar-refractivity contribution in [2.75, 3.05) is 0 Å². The van der Waals surface area contributed by atoms with E-state index in [0.29, 0.717) is 6.42 Å². The maximum atomic E-state index is 11.9. The van der Waals surface area contributed by atoms with Crippen molar-refractivity contribution >= 4 is 16.9 Å². The Morgan fingerprint density at radius 1 is 1.30 bits per heavy atom. The Morgan fingerprint density at radius 3 is 2.70 bits per heavy atom. The van der Waals surface area contributed by atoms with E-state index in [4.69, 9.17) is 10.5 Å². The van der Waals surface area contributed by atoms with E-state index in [9.17, 15) is 4.79 Å².